The zero-order valence-electron chi connectivity index (χ0n) is 40.0. The number of carbonyl (C=O) groups is 9. The summed E-state index contributed by atoms with van der Waals surface area (Å²) in [6.07, 6.45) is 3.72. The van der Waals surface area contributed by atoms with E-state index in [0.717, 1.165) is 0 Å². The molecule has 0 saturated carbocycles. The topological polar surface area (TPSA) is 363 Å². The van der Waals surface area contributed by atoms with Gasteiger partial charge in [-0.15, -0.1) is 0 Å². The number of para-hydroxylation sites is 1. The molecule has 1 aromatic heterocycles. The molecule has 4 rings (SSSR count). The van der Waals surface area contributed by atoms with E-state index in [-0.39, 0.29) is 43.6 Å². The lowest BCUT2D eigenvalue weighted by Gasteiger charge is -2.26. The number of carbonyl (C=O) groups excluding carboxylic acids is 9. The van der Waals surface area contributed by atoms with Gasteiger partial charge in [0.2, 0.25) is 47.3 Å². The number of aromatic amines is 1. The number of phenolic OH excluding ortho intramolecular Hbond substituents is 1. The highest BCUT2D eigenvalue weighted by molar-refractivity contribution is 7.98. The first kappa shape index (κ1) is 58.4. The Balaban J connectivity index is 1.55. The summed E-state index contributed by atoms with van der Waals surface area (Å²) < 4.78 is 35.9. The average Bonchev–Trinajstić information content (AvgIpc) is 3.74. The summed E-state index contributed by atoms with van der Waals surface area (Å²) in [5.74, 6) is -7.97. The number of hydrogen-bond acceptors (Lipinski definition) is 15. The number of nitrogens with one attached hydrogen (secondary N) is 8. The highest BCUT2D eigenvalue weighted by atomic mass is 32.3. The first-order valence-electron chi connectivity index (χ1n) is 22.6. The fourth-order valence-electron chi connectivity index (χ4n) is 7.29. The van der Waals surface area contributed by atoms with Crippen molar-refractivity contribution in [3.8, 4) is 5.75 Å². The van der Waals surface area contributed by atoms with E-state index < -0.39 is 113 Å². The molecule has 0 bridgehead atoms. The van der Waals surface area contributed by atoms with E-state index in [9.17, 15) is 56.7 Å². The van der Waals surface area contributed by atoms with Crippen LogP contribution in [-0.4, -0.2) is 143 Å². The molecule has 3 aromatic carbocycles. The SMILES string of the molecule is CSCC[C@H](NC(=O)[C@H](Cc1ccc(O)cc1)NC(C)=O)C(=O)NCC(=O)N[C@@H](Cc1c[nH]c2ccccc12)C(=O)N[C@@H](CCSC)C(=O)N[C@@H](CC(=O)OS(=O)(=O)O)C(=O)N[C@@H](Cc1ccccc1)C(N)=O. The van der Waals surface area contributed by atoms with Crippen LogP contribution in [0.3, 0.4) is 0 Å². The molecule has 26 heteroatoms. The molecule has 0 radical (unpaired) electrons. The van der Waals surface area contributed by atoms with Crippen LogP contribution >= 0.6 is 23.5 Å². The lowest BCUT2D eigenvalue weighted by Crippen LogP contribution is -2.59. The van der Waals surface area contributed by atoms with Crippen molar-refractivity contribution in [2.24, 2.45) is 5.73 Å². The molecule has 0 aliphatic rings. The molecule has 0 saturated heterocycles. The van der Waals surface area contributed by atoms with Gasteiger partial charge in [-0.3, -0.25) is 47.7 Å². The maximum Gasteiger partial charge on any atom is 0.448 e. The average molecular weight is 1070 g/mol. The molecule has 73 heavy (non-hydrogen) atoms. The number of benzene rings is 3. The number of fused-ring (bicyclic) bond motifs is 1. The summed E-state index contributed by atoms with van der Waals surface area (Å²) in [4.78, 5) is 123. The number of amides is 8. The number of aromatic nitrogens is 1. The van der Waals surface area contributed by atoms with E-state index >= 15 is 0 Å². The van der Waals surface area contributed by atoms with Gasteiger partial charge in [-0.25, -0.2) is 0 Å². The minimum absolute atomic E-state index is 0.000849. The molecule has 394 valence electrons. The fraction of sp³-hybridized carbons (Fsp3) is 0.383. The zero-order chi connectivity index (χ0) is 53.7. The summed E-state index contributed by atoms with van der Waals surface area (Å²) in [5.41, 5.74) is 8.02. The second-order valence-corrected chi connectivity index (χ2v) is 19.5. The van der Waals surface area contributed by atoms with Crippen LogP contribution in [0.1, 0.15) is 42.9 Å². The second kappa shape index (κ2) is 28.8. The Hall–Kier alpha value is -7.16. The predicted molar refractivity (Wildman–Crippen MR) is 272 cm³/mol. The number of rotatable bonds is 29. The van der Waals surface area contributed by atoms with Crippen LogP contribution in [0, 0.1) is 0 Å². The summed E-state index contributed by atoms with van der Waals surface area (Å²) >= 11 is 2.67. The number of phenols is 1. The van der Waals surface area contributed by atoms with Gasteiger partial charge >= 0.3 is 16.4 Å². The predicted octanol–water partition coefficient (Wildman–Crippen LogP) is -0.326. The van der Waals surface area contributed by atoms with Gasteiger partial charge in [0.1, 0.15) is 42.0 Å². The van der Waals surface area contributed by atoms with Crippen molar-refractivity contribution in [1.82, 2.24) is 42.2 Å². The molecular formula is C47H59N9O14S3. The third kappa shape index (κ3) is 20.1. The third-order valence-electron chi connectivity index (χ3n) is 10.9. The van der Waals surface area contributed by atoms with Crippen LogP contribution in [0.25, 0.3) is 10.9 Å². The van der Waals surface area contributed by atoms with E-state index in [0.29, 0.717) is 33.3 Å². The highest BCUT2D eigenvalue weighted by Gasteiger charge is 2.34. The zero-order valence-corrected chi connectivity index (χ0v) is 42.5. The van der Waals surface area contributed by atoms with Gasteiger partial charge in [-0.2, -0.15) is 31.9 Å². The molecule has 4 aromatic rings. The largest absolute Gasteiger partial charge is 0.508 e. The Bertz CT molecular complexity index is 2690. The molecule has 1 heterocycles. The Morgan fingerprint density at radius 2 is 1.14 bits per heavy atom. The van der Waals surface area contributed by atoms with Gasteiger partial charge < -0.3 is 57.2 Å². The van der Waals surface area contributed by atoms with Crippen LogP contribution in [0.2, 0.25) is 0 Å². The molecule has 0 unspecified atom stereocenters. The maximum atomic E-state index is 14.3. The number of hydrogen-bond donors (Lipinski definition) is 11. The van der Waals surface area contributed by atoms with Crippen molar-refractivity contribution >= 4 is 98.1 Å². The van der Waals surface area contributed by atoms with Crippen molar-refractivity contribution < 1.29 is 65.4 Å². The monoisotopic (exact) mass is 1070 g/mol. The molecule has 0 aliphatic heterocycles. The van der Waals surface area contributed by atoms with Gasteiger partial charge in [0.15, 0.2) is 0 Å². The third-order valence-corrected chi connectivity index (χ3v) is 12.6. The first-order valence-corrected chi connectivity index (χ1v) is 26.7. The smallest absolute Gasteiger partial charge is 0.448 e. The van der Waals surface area contributed by atoms with Gasteiger partial charge in [0.25, 0.3) is 0 Å². The molecule has 6 atom stereocenters. The molecule has 0 aliphatic carbocycles. The summed E-state index contributed by atoms with van der Waals surface area (Å²) in [6.45, 7) is 0.542. The van der Waals surface area contributed by atoms with Gasteiger partial charge in [0.05, 0.1) is 13.0 Å². The van der Waals surface area contributed by atoms with Crippen molar-refractivity contribution in [3.05, 3.63) is 102 Å². The molecule has 0 fully saturated rings. The van der Waals surface area contributed by atoms with Crippen LogP contribution in [0.4, 0.5) is 0 Å². The number of nitrogens with two attached hydrogens (primary N) is 1. The Morgan fingerprint density at radius 1 is 0.630 bits per heavy atom. The number of aromatic hydroxyl groups is 1. The minimum atomic E-state index is -5.36. The first-order chi connectivity index (χ1) is 34.7. The van der Waals surface area contributed by atoms with E-state index in [4.69, 9.17) is 10.3 Å². The van der Waals surface area contributed by atoms with Crippen LogP contribution in [0.15, 0.2) is 85.1 Å². The number of thioether (sulfide) groups is 2. The van der Waals surface area contributed by atoms with Crippen molar-refractivity contribution in [2.75, 3.05) is 30.6 Å². The number of H-pyrrole nitrogens is 1. The molecule has 12 N–H and O–H groups in total. The van der Waals surface area contributed by atoms with Gasteiger partial charge in [-0.05, 0) is 71.7 Å². The molecule has 8 amide bonds. The van der Waals surface area contributed by atoms with Crippen LogP contribution < -0.4 is 43.0 Å². The van der Waals surface area contributed by atoms with Gasteiger partial charge in [0, 0.05) is 43.3 Å². The second-order valence-electron chi connectivity index (χ2n) is 16.5. The lowest BCUT2D eigenvalue weighted by atomic mass is 10.0. The molecular weight excluding hydrogens is 1010 g/mol. The van der Waals surface area contributed by atoms with Gasteiger partial charge in [-0.1, -0.05) is 60.7 Å². The summed E-state index contributed by atoms with van der Waals surface area (Å²) in [5, 5.41) is 27.9. The Labute approximate surface area is 429 Å². The number of primary amides is 1. The van der Waals surface area contributed by atoms with E-state index in [2.05, 4.69) is 46.4 Å². The normalized spacial score (nSPS) is 13.6. The highest BCUT2D eigenvalue weighted by Crippen LogP contribution is 2.20. The van der Waals surface area contributed by atoms with Crippen LogP contribution in [0.5, 0.6) is 5.75 Å². The van der Waals surface area contributed by atoms with E-state index in [1.807, 2.05) is 0 Å². The summed E-state index contributed by atoms with van der Waals surface area (Å²) in [6, 6.07) is 12.9. The van der Waals surface area contributed by atoms with E-state index in [1.165, 1.54) is 42.6 Å². The van der Waals surface area contributed by atoms with Crippen LogP contribution in [-0.2, 0) is 77.0 Å². The Kier molecular flexibility index (Phi) is 23.0. The summed E-state index contributed by atoms with van der Waals surface area (Å²) in [7, 11) is -5.36. The quantitative estimate of drug-likeness (QED) is 0.0310. The standard InChI is InChI=1S/C47H59N9O14S3/c1-27(57)51-37(22-29-13-15-31(58)16-14-29)45(64)53-34(17-19-71-2)43(62)50-26-40(59)52-38(23-30-25-49-33-12-8-7-11-32(30)33)46(65)54-35(18-20-72-3)44(63)56-39(24-41(60)70-73(67,68)69)47(66)55-36(42(48)61)21-28-9-5-4-6-10-28/h4-16,25,34-39,49,58H,17-24,26H2,1-3H3,(H2,48,61)(H,50,62)(H,51,57)(H,52,59)(H,53,64)(H,54,65)(H,55,66)(H,56,63)(H,67,68,69)/t34-,35-,36-,37-,38-,39-/m0/s1. The minimum Gasteiger partial charge on any atom is -0.508 e. The maximum absolute atomic E-state index is 14.3. The van der Waals surface area contributed by atoms with E-state index in [1.54, 1.807) is 85.4 Å². The molecule has 23 nitrogen and oxygen atoms in total. The Morgan fingerprint density at radius 3 is 1.73 bits per heavy atom. The van der Waals surface area contributed by atoms with Crippen molar-refractivity contribution in [3.63, 3.8) is 0 Å². The lowest BCUT2D eigenvalue weighted by molar-refractivity contribution is -0.139. The molecule has 0 spiro atoms. The fourth-order valence-corrected chi connectivity index (χ4v) is 8.53. The van der Waals surface area contributed by atoms with Crippen molar-refractivity contribution in [1.29, 1.82) is 0 Å². The van der Waals surface area contributed by atoms with Crippen molar-refractivity contribution in [2.45, 2.75) is 81.7 Å².